The van der Waals surface area contributed by atoms with Crippen molar-refractivity contribution in [2.24, 2.45) is 0 Å². The van der Waals surface area contributed by atoms with Gasteiger partial charge >= 0.3 is 0 Å². The Labute approximate surface area is 102 Å². The molecule has 1 aromatic rings. The molecule has 3 N–H and O–H groups in total. The van der Waals surface area contributed by atoms with E-state index in [9.17, 15) is 9.90 Å². The minimum Gasteiger partial charge on any atom is -0.388 e. The number of aliphatic hydroxyl groups is 1. The molecule has 0 saturated carbocycles. The van der Waals surface area contributed by atoms with Crippen molar-refractivity contribution in [3.05, 3.63) is 17.0 Å². The van der Waals surface area contributed by atoms with Crippen molar-refractivity contribution in [1.29, 1.82) is 0 Å². The highest BCUT2D eigenvalue weighted by Crippen LogP contribution is 2.21. The van der Waals surface area contributed by atoms with Crippen LogP contribution in [-0.2, 0) is 0 Å². The van der Waals surface area contributed by atoms with Crippen molar-refractivity contribution in [1.82, 2.24) is 15.5 Å². The highest BCUT2D eigenvalue weighted by molar-refractivity contribution is 5.96. The molecule has 0 unspecified atom stereocenters. The van der Waals surface area contributed by atoms with Gasteiger partial charge in [-0.05, 0) is 41.5 Å². The lowest BCUT2D eigenvalue weighted by atomic mass is 9.85. The average Bonchev–Trinajstić information content (AvgIpc) is 2.43. The normalized spacial score (nSPS) is 12.6. The monoisotopic (exact) mass is 239 g/mol. The van der Waals surface area contributed by atoms with Crippen LogP contribution in [0.2, 0.25) is 0 Å². The average molecular weight is 239 g/mol. The molecule has 0 spiro atoms. The lowest BCUT2D eigenvalue weighted by Crippen LogP contribution is -2.57. The number of aryl methyl sites for hydroxylation is 2. The fourth-order valence-electron chi connectivity index (χ4n) is 1.38. The van der Waals surface area contributed by atoms with Gasteiger partial charge in [0.2, 0.25) is 0 Å². The van der Waals surface area contributed by atoms with E-state index in [-0.39, 0.29) is 5.91 Å². The highest BCUT2D eigenvalue weighted by Gasteiger charge is 2.37. The summed E-state index contributed by atoms with van der Waals surface area (Å²) in [5.41, 5.74) is 0.203. The lowest BCUT2D eigenvalue weighted by Gasteiger charge is -2.38. The van der Waals surface area contributed by atoms with Crippen LogP contribution in [-0.4, -0.2) is 32.4 Å². The molecule has 0 radical (unpaired) electrons. The summed E-state index contributed by atoms with van der Waals surface area (Å²) in [5.74, 6) is -0.221. The molecular weight excluding hydrogens is 218 g/mol. The number of hydrogen-bond donors (Lipinski definition) is 3. The summed E-state index contributed by atoms with van der Waals surface area (Å²) in [6, 6.07) is 0. The molecule has 96 valence electrons. The van der Waals surface area contributed by atoms with Crippen LogP contribution in [0.1, 0.15) is 49.4 Å². The molecule has 17 heavy (non-hydrogen) atoms. The standard InChI is InChI=1S/C12H21N3O2/c1-7-9(8(2)15-14-7)10(16)13-11(3,4)12(5,6)17/h17H,1-6H3,(H,13,16)(H,14,15). The Hall–Kier alpha value is -1.36. The Morgan fingerprint density at radius 2 is 1.82 bits per heavy atom. The maximum atomic E-state index is 12.1. The van der Waals surface area contributed by atoms with E-state index in [2.05, 4.69) is 15.5 Å². The van der Waals surface area contributed by atoms with E-state index in [4.69, 9.17) is 0 Å². The first-order valence-corrected chi connectivity index (χ1v) is 5.62. The van der Waals surface area contributed by atoms with Crippen LogP contribution in [0.15, 0.2) is 0 Å². The Morgan fingerprint density at radius 3 is 2.18 bits per heavy atom. The predicted octanol–water partition coefficient (Wildman–Crippen LogP) is 1.31. The van der Waals surface area contributed by atoms with Gasteiger partial charge in [0, 0.05) is 5.69 Å². The molecule has 0 aliphatic heterocycles. The van der Waals surface area contributed by atoms with Crippen LogP contribution >= 0.6 is 0 Å². The molecule has 0 aliphatic carbocycles. The third-order valence-electron chi connectivity index (χ3n) is 3.31. The molecule has 1 heterocycles. The summed E-state index contributed by atoms with van der Waals surface area (Å²) in [4.78, 5) is 12.1. The number of amides is 1. The third kappa shape index (κ3) is 2.66. The largest absolute Gasteiger partial charge is 0.388 e. The maximum absolute atomic E-state index is 12.1. The zero-order chi connectivity index (χ0) is 13.4. The maximum Gasteiger partial charge on any atom is 0.255 e. The molecule has 5 nitrogen and oxygen atoms in total. The topological polar surface area (TPSA) is 78.0 Å². The van der Waals surface area contributed by atoms with E-state index in [0.29, 0.717) is 11.3 Å². The molecule has 0 saturated heterocycles. The Kier molecular flexibility index (Phi) is 3.34. The number of carbonyl (C=O) groups excluding carboxylic acids is 1. The molecule has 1 rings (SSSR count). The van der Waals surface area contributed by atoms with Gasteiger partial charge in [0.1, 0.15) is 0 Å². The second-order valence-corrected chi connectivity index (χ2v) is 5.45. The zero-order valence-corrected chi connectivity index (χ0v) is 11.3. The number of nitrogens with zero attached hydrogens (tertiary/aromatic N) is 1. The molecular formula is C12H21N3O2. The van der Waals surface area contributed by atoms with Gasteiger partial charge in [-0.15, -0.1) is 0 Å². The van der Waals surface area contributed by atoms with E-state index in [1.807, 2.05) is 0 Å². The zero-order valence-electron chi connectivity index (χ0n) is 11.3. The minimum absolute atomic E-state index is 0.221. The first kappa shape index (κ1) is 13.7. The third-order valence-corrected chi connectivity index (χ3v) is 3.31. The second kappa shape index (κ2) is 4.14. The summed E-state index contributed by atoms with van der Waals surface area (Å²) >= 11 is 0. The van der Waals surface area contributed by atoms with Crippen LogP contribution < -0.4 is 5.32 Å². The molecule has 0 bridgehead atoms. The Morgan fingerprint density at radius 1 is 1.29 bits per heavy atom. The van der Waals surface area contributed by atoms with Crippen LogP contribution in [0.5, 0.6) is 0 Å². The number of nitrogens with one attached hydrogen (secondary N) is 2. The fourth-order valence-corrected chi connectivity index (χ4v) is 1.38. The van der Waals surface area contributed by atoms with Crippen molar-refractivity contribution in [3.8, 4) is 0 Å². The van der Waals surface area contributed by atoms with Gasteiger partial charge in [0.05, 0.1) is 22.4 Å². The number of H-pyrrole nitrogens is 1. The molecule has 0 atom stereocenters. The number of rotatable bonds is 3. The van der Waals surface area contributed by atoms with Gasteiger partial charge in [-0.3, -0.25) is 9.89 Å². The number of hydrogen-bond acceptors (Lipinski definition) is 3. The number of aromatic nitrogens is 2. The van der Waals surface area contributed by atoms with Crippen molar-refractivity contribution in [2.45, 2.75) is 52.7 Å². The SMILES string of the molecule is Cc1n[nH]c(C)c1C(=O)NC(C)(C)C(C)(C)O. The molecule has 0 aromatic carbocycles. The van der Waals surface area contributed by atoms with Crippen LogP contribution in [0, 0.1) is 13.8 Å². The van der Waals surface area contributed by atoms with Crippen molar-refractivity contribution >= 4 is 5.91 Å². The van der Waals surface area contributed by atoms with E-state index >= 15 is 0 Å². The minimum atomic E-state index is -1.01. The number of carbonyl (C=O) groups is 1. The second-order valence-electron chi connectivity index (χ2n) is 5.45. The predicted molar refractivity (Wildman–Crippen MR) is 65.9 cm³/mol. The molecule has 1 aromatic heterocycles. The summed E-state index contributed by atoms with van der Waals surface area (Å²) in [7, 11) is 0. The molecule has 1 amide bonds. The first-order chi connectivity index (χ1) is 7.56. The number of aromatic amines is 1. The van der Waals surface area contributed by atoms with Gasteiger partial charge in [0.25, 0.3) is 5.91 Å². The summed E-state index contributed by atoms with van der Waals surface area (Å²) in [6.45, 7) is 10.5. The van der Waals surface area contributed by atoms with Crippen LogP contribution in [0.4, 0.5) is 0 Å². The van der Waals surface area contributed by atoms with Crippen molar-refractivity contribution in [3.63, 3.8) is 0 Å². The summed E-state index contributed by atoms with van der Waals surface area (Å²) in [6.07, 6.45) is 0. The Bertz CT molecular complexity index is 408. The summed E-state index contributed by atoms with van der Waals surface area (Å²) in [5, 5.41) is 19.6. The Balaban J connectivity index is 2.95. The van der Waals surface area contributed by atoms with Gasteiger partial charge in [-0.1, -0.05) is 0 Å². The lowest BCUT2D eigenvalue weighted by molar-refractivity contribution is -0.00295. The smallest absolute Gasteiger partial charge is 0.255 e. The van der Waals surface area contributed by atoms with E-state index in [1.165, 1.54) is 0 Å². The highest BCUT2D eigenvalue weighted by atomic mass is 16.3. The van der Waals surface area contributed by atoms with Crippen LogP contribution in [0.25, 0.3) is 0 Å². The molecule has 0 fully saturated rings. The fraction of sp³-hybridized carbons (Fsp3) is 0.667. The van der Waals surface area contributed by atoms with Gasteiger partial charge in [-0.25, -0.2) is 0 Å². The van der Waals surface area contributed by atoms with E-state index in [1.54, 1.807) is 41.5 Å². The van der Waals surface area contributed by atoms with Gasteiger partial charge < -0.3 is 10.4 Å². The summed E-state index contributed by atoms with van der Waals surface area (Å²) < 4.78 is 0. The quantitative estimate of drug-likeness (QED) is 0.744. The molecule has 0 aliphatic rings. The van der Waals surface area contributed by atoms with E-state index < -0.39 is 11.1 Å². The van der Waals surface area contributed by atoms with E-state index in [0.717, 1.165) is 5.69 Å². The van der Waals surface area contributed by atoms with Crippen LogP contribution in [0.3, 0.4) is 0 Å². The van der Waals surface area contributed by atoms with Crippen molar-refractivity contribution < 1.29 is 9.90 Å². The molecule has 5 heteroatoms. The van der Waals surface area contributed by atoms with Gasteiger partial charge in [0.15, 0.2) is 0 Å². The van der Waals surface area contributed by atoms with Crippen molar-refractivity contribution in [2.75, 3.05) is 0 Å². The van der Waals surface area contributed by atoms with Gasteiger partial charge in [-0.2, -0.15) is 5.10 Å². The first-order valence-electron chi connectivity index (χ1n) is 5.62.